The smallest absolute Gasteiger partial charge is 0.337 e. The average molecular weight is 390 g/mol. The minimum absolute atomic E-state index is 0.176. The summed E-state index contributed by atoms with van der Waals surface area (Å²) in [5, 5.41) is 3.10. The molecule has 0 atom stereocenters. The second-order valence-electron chi connectivity index (χ2n) is 6.29. The molecule has 1 N–H and O–H groups in total. The molecular formula is C22H22N4O3. The van der Waals surface area contributed by atoms with Crippen molar-refractivity contribution in [3.8, 4) is 0 Å². The summed E-state index contributed by atoms with van der Waals surface area (Å²) in [5.41, 5.74) is 2.42. The van der Waals surface area contributed by atoms with Crippen LogP contribution in [-0.2, 0) is 11.3 Å². The average Bonchev–Trinajstić information content (AvgIpc) is 2.77. The van der Waals surface area contributed by atoms with Gasteiger partial charge in [0.25, 0.3) is 5.91 Å². The zero-order chi connectivity index (χ0) is 20.6. The minimum atomic E-state index is -0.424. The molecule has 0 saturated heterocycles. The summed E-state index contributed by atoms with van der Waals surface area (Å²) in [4.78, 5) is 34.6. The SMILES string of the molecule is CCN(Cc1ccccc1)C(=O)c1cc(Nc2cccc(C(=O)OC)c2)ncn1. The number of ether oxygens (including phenoxy) is 1. The van der Waals surface area contributed by atoms with Gasteiger partial charge in [0.1, 0.15) is 17.8 Å². The van der Waals surface area contributed by atoms with Gasteiger partial charge in [-0.15, -0.1) is 0 Å². The van der Waals surface area contributed by atoms with E-state index in [4.69, 9.17) is 4.74 Å². The molecule has 1 amide bonds. The standard InChI is InChI=1S/C22H22N4O3/c1-3-26(14-16-8-5-4-6-9-16)21(27)19-13-20(24-15-23-19)25-18-11-7-10-17(12-18)22(28)29-2/h4-13,15H,3,14H2,1-2H3,(H,23,24,25). The van der Waals surface area contributed by atoms with Crippen molar-refractivity contribution in [2.24, 2.45) is 0 Å². The first-order chi connectivity index (χ1) is 14.1. The van der Waals surface area contributed by atoms with Crippen LogP contribution in [0.3, 0.4) is 0 Å². The van der Waals surface area contributed by atoms with Crippen molar-refractivity contribution in [2.45, 2.75) is 13.5 Å². The van der Waals surface area contributed by atoms with Crippen LogP contribution in [-0.4, -0.2) is 40.4 Å². The van der Waals surface area contributed by atoms with E-state index in [1.807, 2.05) is 37.3 Å². The van der Waals surface area contributed by atoms with E-state index in [1.165, 1.54) is 13.4 Å². The Balaban J connectivity index is 1.76. The van der Waals surface area contributed by atoms with Gasteiger partial charge in [-0.25, -0.2) is 14.8 Å². The maximum absolute atomic E-state index is 12.9. The van der Waals surface area contributed by atoms with Crippen molar-refractivity contribution in [1.29, 1.82) is 0 Å². The zero-order valence-electron chi connectivity index (χ0n) is 16.3. The van der Waals surface area contributed by atoms with Crippen LogP contribution < -0.4 is 5.32 Å². The molecule has 1 heterocycles. The minimum Gasteiger partial charge on any atom is -0.465 e. The van der Waals surface area contributed by atoms with Gasteiger partial charge >= 0.3 is 5.97 Å². The van der Waals surface area contributed by atoms with Crippen LogP contribution in [0.5, 0.6) is 0 Å². The molecule has 0 unspecified atom stereocenters. The number of hydrogen-bond donors (Lipinski definition) is 1. The maximum atomic E-state index is 12.9. The number of benzene rings is 2. The molecule has 0 aliphatic heterocycles. The third-order valence-corrected chi connectivity index (χ3v) is 4.33. The molecule has 0 spiro atoms. The van der Waals surface area contributed by atoms with Crippen LogP contribution in [0.15, 0.2) is 67.0 Å². The van der Waals surface area contributed by atoms with E-state index in [2.05, 4.69) is 15.3 Å². The lowest BCUT2D eigenvalue weighted by Crippen LogP contribution is -2.31. The molecule has 2 aromatic carbocycles. The molecule has 148 valence electrons. The number of amides is 1. The van der Waals surface area contributed by atoms with Gasteiger partial charge in [0.15, 0.2) is 0 Å². The first-order valence-corrected chi connectivity index (χ1v) is 9.21. The summed E-state index contributed by atoms with van der Waals surface area (Å²) in [6.45, 7) is 2.99. The summed E-state index contributed by atoms with van der Waals surface area (Å²) in [7, 11) is 1.33. The van der Waals surface area contributed by atoms with Crippen LogP contribution in [0.4, 0.5) is 11.5 Å². The second-order valence-corrected chi connectivity index (χ2v) is 6.29. The van der Waals surface area contributed by atoms with E-state index in [1.54, 1.807) is 35.2 Å². The number of esters is 1. The van der Waals surface area contributed by atoms with E-state index >= 15 is 0 Å². The Labute approximate surface area is 169 Å². The molecule has 0 bridgehead atoms. The van der Waals surface area contributed by atoms with E-state index in [0.717, 1.165) is 5.56 Å². The predicted molar refractivity (Wildman–Crippen MR) is 110 cm³/mol. The Morgan fingerprint density at radius 3 is 2.55 bits per heavy atom. The van der Waals surface area contributed by atoms with Crippen LogP contribution in [0.2, 0.25) is 0 Å². The lowest BCUT2D eigenvalue weighted by atomic mass is 10.2. The molecule has 0 saturated carbocycles. The van der Waals surface area contributed by atoms with Gasteiger partial charge in [0.05, 0.1) is 12.7 Å². The van der Waals surface area contributed by atoms with E-state index < -0.39 is 5.97 Å². The normalized spacial score (nSPS) is 10.3. The summed E-state index contributed by atoms with van der Waals surface area (Å²) in [5.74, 6) is -0.141. The molecule has 29 heavy (non-hydrogen) atoms. The predicted octanol–water partition coefficient (Wildman–Crippen LogP) is 3.67. The highest BCUT2D eigenvalue weighted by Gasteiger charge is 2.17. The molecule has 0 fully saturated rings. The third kappa shape index (κ3) is 5.16. The highest BCUT2D eigenvalue weighted by Crippen LogP contribution is 2.18. The molecular weight excluding hydrogens is 368 g/mol. The lowest BCUT2D eigenvalue weighted by molar-refractivity contribution is 0.0600. The molecule has 7 nitrogen and oxygen atoms in total. The van der Waals surface area contributed by atoms with Crippen molar-refractivity contribution in [1.82, 2.24) is 14.9 Å². The Bertz CT molecular complexity index is 992. The Morgan fingerprint density at radius 1 is 1.03 bits per heavy atom. The van der Waals surface area contributed by atoms with Crippen molar-refractivity contribution in [3.63, 3.8) is 0 Å². The highest BCUT2D eigenvalue weighted by molar-refractivity contribution is 5.93. The third-order valence-electron chi connectivity index (χ3n) is 4.33. The summed E-state index contributed by atoms with van der Waals surface area (Å²) >= 11 is 0. The number of aromatic nitrogens is 2. The molecule has 0 aliphatic carbocycles. The fourth-order valence-electron chi connectivity index (χ4n) is 2.83. The van der Waals surface area contributed by atoms with E-state index in [0.29, 0.717) is 35.9 Å². The molecule has 3 rings (SSSR count). The number of anilines is 2. The second kappa shape index (κ2) is 9.45. The van der Waals surface area contributed by atoms with Crippen LogP contribution in [0.1, 0.15) is 33.3 Å². The van der Waals surface area contributed by atoms with Gasteiger partial charge in [-0.2, -0.15) is 0 Å². The first-order valence-electron chi connectivity index (χ1n) is 9.21. The van der Waals surface area contributed by atoms with Gasteiger partial charge in [0, 0.05) is 24.8 Å². The Kier molecular flexibility index (Phi) is 6.52. The number of nitrogens with zero attached hydrogens (tertiary/aromatic N) is 3. The number of rotatable bonds is 7. The van der Waals surface area contributed by atoms with Crippen LogP contribution >= 0.6 is 0 Å². The van der Waals surface area contributed by atoms with Crippen LogP contribution in [0, 0.1) is 0 Å². The number of nitrogens with one attached hydrogen (secondary N) is 1. The van der Waals surface area contributed by atoms with Crippen LogP contribution in [0.25, 0.3) is 0 Å². The molecule has 7 heteroatoms. The first kappa shape index (κ1) is 20.0. The van der Waals surface area contributed by atoms with E-state index in [9.17, 15) is 9.59 Å². The van der Waals surface area contributed by atoms with Crippen molar-refractivity contribution < 1.29 is 14.3 Å². The van der Waals surface area contributed by atoms with Gasteiger partial charge in [-0.1, -0.05) is 36.4 Å². The molecule has 0 aliphatic rings. The zero-order valence-corrected chi connectivity index (χ0v) is 16.3. The number of carbonyl (C=O) groups is 2. The summed E-state index contributed by atoms with van der Waals surface area (Å²) in [6.07, 6.45) is 1.34. The van der Waals surface area contributed by atoms with Crippen molar-refractivity contribution >= 4 is 23.4 Å². The maximum Gasteiger partial charge on any atom is 0.337 e. The number of carbonyl (C=O) groups excluding carboxylic acids is 2. The van der Waals surface area contributed by atoms with Gasteiger partial charge < -0.3 is 15.0 Å². The fraction of sp³-hybridized carbons (Fsp3) is 0.182. The highest BCUT2D eigenvalue weighted by atomic mass is 16.5. The lowest BCUT2D eigenvalue weighted by Gasteiger charge is -2.20. The number of methoxy groups -OCH3 is 1. The molecule has 0 radical (unpaired) electrons. The molecule has 3 aromatic rings. The topological polar surface area (TPSA) is 84.4 Å². The van der Waals surface area contributed by atoms with Crippen molar-refractivity contribution in [2.75, 3.05) is 19.0 Å². The largest absolute Gasteiger partial charge is 0.465 e. The fourth-order valence-corrected chi connectivity index (χ4v) is 2.83. The Hall–Kier alpha value is -3.74. The summed E-state index contributed by atoms with van der Waals surface area (Å²) in [6, 6.07) is 18.3. The summed E-state index contributed by atoms with van der Waals surface area (Å²) < 4.78 is 4.74. The Morgan fingerprint density at radius 2 is 1.83 bits per heavy atom. The number of hydrogen-bond acceptors (Lipinski definition) is 6. The van der Waals surface area contributed by atoms with E-state index in [-0.39, 0.29) is 5.91 Å². The van der Waals surface area contributed by atoms with Gasteiger partial charge in [0.2, 0.25) is 0 Å². The van der Waals surface area contributed by atoms with Crippen molar-refractivity contribution in [3.05, 3.63) is 83.8 Å². The molecule has 1 aromatic heterocycles. The van der Waals surface area contributed by atoms with Gasteiger partial charge in [-0.05, 0) is 30.7 Å². The van der Waals surface area contributed by atoms with Gasteiger partial charge in [-0.3, -0.25) is 4.79 Å². The monoisotopic (exact) mass is 390 g/mol. The quantitative estimate of drug-likeness (QED) is 0.620.